The average molecular weight is 707 g/mol. The van der Waals surface area contributed by atoms with Crippen molar-refractivity contribution in [3.8, 4) is 0 Å². The molecule has 1 aliphatic carbocycles. The Bertz CT molecular complexity index is 1810. The van der Waals surface area contributed by atoms with E-state index in [2.05, 4.69) is 5.32 Å². The highest BCUT2D eigenvalue weighted by molar-refractivity contribution is 7.92. The normalized spacial score (nSPS) is 14.2. The lowest BCUT2D eigenvalue weighted by Gasteiger charge is -2.35. The summed E-state index contributed by atoms with van der Waals surface area (Å²) in [7, 11) is -4.21. The number of anilines is 1. The van der Waals surface area contributed by atoms with Crippen LogP contribution in [0, 0.1) is 13.8 Å². The van der Waals surface area contributed by atoms with Gasteiger partial charge in [-0.2, -0.15) is 0 Å². The number of nitrogens with one attached hydrogen (secondary N) is 1. The van der Waals surface area contributed by atoms with Crippen LogP contribution in [0.3, 0.4) is 0 Å². The van der Waals surface area contributed by atoms with Gasteiger partial charge in [-0.1, -0.05) is 109 Å². The van der Waals surface area contributed by atoms with Crippen LogP contribution in [0.15, 0.2) is 102 Å². The molecule has 1 saturated carbocycles. The van der Waals surface area contributed by atoms with Crippen LogP contribution in [0.25, 0.3) is 0 Å². The Morgan fingerprint density at radius 3 is 2.06 bits per heavy atom. The highest BCUT2D eigenvalue weighted by atomic mass is 35.5. The maximum Gasteiger partial charge on any atom is 0.264 e. The Labute approximate surface area is 293 Å². The molecule has 7 nitrogen and oxygen atoms in total. The van der Waals surface area contributed by atoms with Crippen LogP contribution in [0.2, 0.25) is 10.0 Å². The molecule has 10 heteroatoms. The minimum atomic E-state index is -4.21. The Kier molecular flexibility index (Phi) is 11.8. The molecule has 1 fully saturated rings. The molecule has 0 heterocycles. The fourth-order valence-electron chi connectivity index (χ4n) is 6.19. The van der Waals surface area contributed by atoms with Crippen molar-refractivity contribution in [1.29, 1.82) is 0 Å². The first-order valence-corrected chi connectivity index (χ1v) is 18.5. The molecule has 4 aromatic carbocycles. The third-order valence-electron chi connectivity index (χ3n) is 9.07. The molecular formula is C38H41Cl2N3O4S. The van der Waals surface area contributed by atoms with Gasteiger partial charge in [0.1, 0.15) is 12.6 Å². The lowest BCUT2D eigenvalue weighted by atomic mass is 9.94. The van der Waals surface area contributed by atoms with Gasteiger partial charge in [0, 0.05) is 34.6 Å². The van der Waals surface area contributed by atoms with E-state index in [9.17, 15) is 18.0 Å². The molecule has 0 bridgehead atoms. The summed E-state index contributed by atoms with van der Waals surface area (Å²) in [6.07, 6.45) is 5.11. The van der Waals surface area contributed by atoms with Gasteiger partial charge in [0.15, 0.2) is 0 Å². The van der Waals surface area contributed by atoms with Gasteiger partial charge >= 0.3 is 0 Å². The van der Waals surface area contributed by atoms with Crippen LogP contribution >= 0.6 is 23.2 Å². The van der Waals surface area contributed by atoms with Gasteiger partial charge < -0.3 is 10.2 Å². The van der Waals surface area contributed by atoms with Gasteiger partial charge in [0.25, 0.3) is 10.0 Å². The summed E-state index contributed by atoms with van der Waals surface area (Å²) >= 11 is 13.3. The first-order valence-electron chi connectivity index (χ1n) is 16.3. The quantitative estimate of drug-likeness (QED) is 0.162. The molecule has 0 saturated heterocycles. The van der Waals surface area contributed by atoms with E-state index in [1.807, 2.05) is 50.2 Å². The summed E-state index contributed by atoms with van der Waals surface area (Å²) < 4.78 is 29.8. The molecule has 1 aliphatic rings. The summed E-state index contributed by atoms with van der Waals surface area (Å²) in [5.41, 5.74) is 3.31. The van der Waals surface area contributed by atoms with E-state index >= 15 is 0 Å². The van der Waals surface area contributed by atoms with Crippen molar-refractivity contribution in [2.75, 3.05) is 10.8 Å². The Morgan fingerprint density at radius 1 is 0.812 bits per heavy atom. The van der Waals surface area contributed by atoms with Crippen LogP contribution in [-0.2, 0) is 32.6 Å². The summed E-state index contributed by atoms with van der Waals surface area (Å²) in [5.74, 6) is -0.863. The van der Waals surface area contributed by atoms with Crippen molar-refractivity contribution in [2.24, 2.45) is 0 Å². The van der Waals surface area contributed by atoms with E-state index in [0.29, 0.717) is 21.3 Å². The maximum atomic E-state index is 14.8. The second-order valence-electron chi connectivity index (χ2n) is 12.3. The summed E-state index contributed by atoms with van der Waals surface area (Å²) in [5, 5.41) is 3.90. The molecule has 48 heavy (non-hydrogen) atoms. The molecule has 0 aromatic heterocycles. The SMILES string of the molecule is Cc1cccc(N(CC(=O)N(Cc2c(Cl)cccc2Cl)[C@H](Cc2ccccc2)C(=O)NC2CCCCC2)S(=O)(=O)c2ccccc2)c1C. The van der Waals surface area contributed by atoms with Gasteiger partial charge in [-0.3, -0.25) is 13.9 Å². The van der Waals surface area contributed by atoms with E-state index in [-0.39, 0.29) is 29.8 Å². The zero-order valence-electron chi connectivity index (χ0n) is 27.2. The Hall–Kier alpha value is -3.85. The Balaban J connectivity index is 1.61. The first-order chi connectivity index (χ1) is 23.1. The summed E-state index contributed by atoms with van der Waals surface area (Å²) in [6.45, 7) is 3.08. The number of carbonyl (C=O) groups excluding carboxylic acids is 2. The number of halogens is 2. The zero-order chi connectivity index (χ0) is 34.3. The number of nitrogens with zero attached hydrogens (tertiary/aromatic N) is 2. The number of benzene rings is 4. The Morgan fingerprint density at radius 2 is 1.42 bits per heavy atom. The molecule has 2 amide bonds. The third kappa shape index (κ3) is 8.41. The highest BCUT2D eigenvalue weighted by Crippen LogP contribution is 2.31. The van der Waals surface area contributed by atoms with Crippen LogP contribution in [-0.4, -0.2) is 43.8 Å². The summed E-state index contributed by atoms with van der Waals surface area (Å²) in [4.78, 5) is 30.6. The van der Waals surface area contributed by atoms with Crippen molar-refractivity contribution >= 4 is 50.7 Å². The van der Waals surface area contributed by atoms with Crippen LogP contribution < -0.4 is 9.62 Å². The number of rotatable bonds is 12. The van der Waals surface area contributed by atoms with Gasteiger partial charge in [0.05, 0.1) is 10.6 Å². The van der Waals surface area contributed by atoms with Crippen molar-refractivity contribution < 1.29 is 18.0 Å². The lowest BCUT2D eigenvalue weighted by molar-refractivity contribution is -0.140. The van der Waals surface area contributed by atoms with Crippen LogP contribution in [0.1, 0.15) is 54.4 Å². The first kappa shape index (κ1) is 35.5. The van der Waals surface area contributed by atoms with Crippen molar-refractivity contribution in [2.45, 2.75) is 75.9 Å². The number of aryl methyl sites for hydroxylation is 1. The number of amides is 2. The second-order valence-corrected chi connectivity index (χ2v) is 15.0. The number of hydrogen-bond acceptors (Lipinski definition) is 4. The number of carbonyl (C=O) groups is 2. The second kappa shape index (κ2) is 16.0. The maximum absolute atomic E-state index is 14.8. The van der Waals surface area contributed by atoms with Crippen molar-refractivity contribution in [1.82, 2.24) is 10.2 Å². The zero-order valence-corrected chi connectivity index (χ0v) is 29.6. The van der Waals surface area contributed by atoms with E-state index < -0.39 is 28.5 Å². The number of hydrogen-bond donors (Lipinski definition) is 1. The minimum absolute atomic E-state index is 0.00437. The monoisotopic (exact) mass is 705 g/mol. The van der Waals surface area contributed by atoms with E-state index in [1.54, 1.807) is 48.5 Å². The fraction of sp³-hybridized carbons (Fsp3) is 0.316. The third-order valence-corrected chi connectivity index (χ3v) is 11.5. The van der Waals surface area contributed by atoms with Gasteiger partial charge in [-0.05, 0) is 73.7 Å². The molecule has 1 N–H and O–H groups in total. The van der Waals surface area contributed by atoms with Gasteiger partial charge in [-0.25, -0.2) is 8.42 Å². The highest BCUT2D eigenvalue weighted by Gasteiger charge is 2.36. The average Bonchev–Trinajstić information content (AvgIpc) is 3.09. The van der Waals surface area contributed by atoms with Crippen molar-refractivity contribution in [3.63, 3.8) is 0 Å². The van der Waals surface area contributed by atoms with Gasteiger partial charge in [-0.15, -0.1) is 0 Å². The standard InChI is InChI=1S/C38H41Cl2N3O4S/c1-27-14-12-23-35(28(27)2)43(48(46,47)31-19-10-5-11-20-31)26-37(44)42(25-32-33(39)21-13-22-34(32)40)36(24-29-15-6-3-7-16-29)38(45)41-30-17-8-4-9-18-30/h3,5-7,10-16,19-23,30,36H,4,8-9,17-18,24-26H2,1-2H3,(H,41,45)/t36-/m1/s1. The van der Waals surface area contributed by atoms with Crippen molar-refractivity contribution in [3.05, 3.63) is 129 Å². The predicted molar refractivity (Wildman–Crippen MR) is 193 cm³/mol. The summed E-state index contributed by atoms with van der Waals surface area (Å²) in [6, 6.07) is 27.0. The smallest absolute Gasteiger partial charge is 0.264 e. The molecule has 0 radical (unpaired) electrons. The molecule has 0 unspecified atom stereocenters. The minimum Gasteiger partial charge on any atom is -0.352 e. The van der Waals surface area contributed by atoms with Crippen LogP contribution in [0.4, 0.5) is 5.69 Å². The fourth-order valence-corrected chi connectivity index (χ4v) is 8.20. The predicted octanol–water partition coefficient (Wildman–Crippen LogP) is 7.89. The van der Waals surface area contributed by atoms with Gasteiger partial charge in [0.2, 0.25) is 11.8 Å². The molecule has 5 rings (SSSR count). The van der Waals surface area contributed by atoms with E-state index in [0.717, 1.165) is 53.1 Å². The van der Waals surface area contributed by atoms with Crippen LogP contribution in [0.5, 0.6) is 0 Å². The molecule has 1 atom stereocenters. The molecule has 4 aromatic rings. The molecular weight excluding hydrogens is 665 g/mol. The lowest BCUT2D eigenvalue weighted by Crippen LogP contribution is -2.55. The number of sulfonamides is 1. The molecule has 0 spiro atoms. The van der Waals surface area contributed by atoms with E-state index in [4.69, 9.17) is 23.2 Å². The largest absolute Gasteiger partial charge is 0.352 e. The molecule has 252 valence electrons. The van der Waals surface area contributed by atoms with E-state index in [1.165, 1.54) is 17.0 Å². The topological polar surface area (TPSA) is 86.8 Å². The molecule has 0 aliphatic heterocycles.